The van der Waals surface area contributed by atoms with E-state index in [0.29, 0.717) is 5.82 Å². The molecule has 2 fully saturated rings. The van der Waals surface area contributed by atoms with Crippen molar-refractivity contribution in [3.63, 3.8) is 0 Å². The molecule has 4 rings (SSSR count). The molecule has 1 amide bonds. The number of hydrogen-bond acceptors (Lipinski definition) is 4. The van der Waals surface area contributed by atoms with Crippen LogP contribution in [0.3, 0.4) is 0 Å². The highest BCUT2D eigenvalue weighted by molar-refractivity contribution is 5.81. The van der Waals surface area contributed by atoms with Crippen LogP contribution in [0.1, 0.15) is 44.5 Å². The van der Waals surface area contributed by atoms with Crippen molar-refractivity contribution in [2.24, 2.45) is 0 Å². The SMILES string of the molecule is C[C@@H]1CC[C@H](C(=O)N2CCC[C@@H]2c2nc(-c3ccccc3)n[nH]2)O1. The van der Waals surface area contributed by atoms with Crippen molar-refractivity contribution in [3.8, 4) is 11.4 Å². The van der Waals surface area contributed by atoms with Gasteiger partial charge >= 0.3 is 0 Å². The Morgan fingerprint density at radius 2 is 2.08 bits per heavy atom. The van der Waals surface area contributed by atoms with Crippen LogP contribution in [-0.4, -0.2) is 44.7 Å². The fraction of sp³-hybridized carbons (Fsp3) is 0.500. The summed E-state index contributed by atoms with van der Waals surface area (Å²) in [5.74, 6) is 1.54. The fourth-order valence-corrected chi connectivity index (χ4v) is 3.62. The second kappa shape index (κ2) is 6.36. The zero-order valence-corrected chi connectivity index (χ0v) is 13.8. The van der Waals surface area contributed by atoms with Gasteiger partial charge in [-0.05, 0) is 32.6 Å². The number of carbonyl (C=O) groups is 1. The average Bonchev–Trinajstić information content (AvgIpc) is 3.34. The van der Waals surface area contributed by atoms with Crippen molar-refractivity contribution < 1.29 is 9.53 Å². The summed E-state index contributed by atoms with van der Waals surface area (Å²) in [6.45, 7) is 2.79. The van der Waals surface area contributed by atoms with E-state index in [9.17, 15) is 4.79 Å². The van der Waals surface area contributed by atoms with Crippen LogP contribution in [0.4, 0.5) is 0 Å². The molecule has 0 radical (unpaired) electrons. The fourth-order valence-electron chi connectivity index (χ4n) is 3.62. The number of likely N-dealkylation sites (tertiary alicyclic amines) is 1. The molecule has 6 heteroatoms. The van der Waals surface area contributed by atoms with E-state index >= 15 is 0 Å². The van der Waals surface area contributed by atoms with Gasteiger partial charge in [-0.2, -0.15) is 5.10 Å². The van der Waals surface area contributed by atoms with Gasteiger partial charge in [0, 0.05) is 12.1 Å². The number of carbonyl (C=O) groups excluding carboxylic acids is 1. The van der Waals surface area contributed by atoms with Crippen LogP contribution in [0, 0.1) is 0 Å². The van der Waals surface area contributed by atoms with Gasteiger partial charge in [0.2, 0.25) is 0 Å². The van der Waals surface area contributed by atoms with Gasteiger partial charge in [-0.3, -0.25) is 9.89 Å². The largest absolute Gasteiger partial charge is 0.365 e. The Kier molecular flexibility index (Phi) is 4.06. The summed E-state index contributed by atoms with van der Waals surface area (Å²) in [5.41, 5.74) is 0.976. The first-order valence-corrected chi connectivity index (χ1v) is 8.66. The molecule has 3 heterocycles. The molecule has 2 aliphatic heterocycles. The number of nitrogens with one attached hydrogen (secondary N) is 1. The van der Waals surface area contributed by atoms with Crippen molar-refractivity contribution in [2.75, 3.05) is 6.54 Å². The van der Waals surface area contributed by atoms with Crippen LogP contribution in [0.25, 0.3) is 11.4 Å². The predicted octanol–water partition coefficient (Wildman–Crippen LogP) is 2.70. The summed E-state index contributed by atoms with van der Waals surface area (Å²) in [5, 5.41) is 7.36. The number of benzene rings is 1. The van der Waals surface area contributed by atoms with E-state index in [2.05, 4.69) is 15.2 Å². The number of H-pyrrole nitrogens is 1. The molecule has 2 aliphatic rings. The van der Waals surface area contributed by atoms with Gasteiger partial charge < -0.3 is 9.64 Å². The van der Waals surface area contributed by atoms with Crippen LogP contribution in [0.15, 0.2) is 30.3 Å². The number of hydrogen-bond donors (Lipinski definition) is 1. The summed E-state index contributed by atoms with van der Waals surface area (Å²) in [6.07, 6.45) is 3.55. The quantitative estimate of drug-likeness (QED) is 0.941. The van der Waals surface area contributed by atoms with E-state index in [-0.39, 0.29) is 24.2 Å². The molecular weight excluding hydrogens is 304 g/mol. The lowest BCUT2D eigenvalue weighted by atomic mass is 10.1. The van der Waals surface area contributed by atoms with E-state index in [1.807, 2.05) is 42.2 Å². The second-order valence-corrected chi connectivity index (χ2v) is 6.61. The third kappa shape index (κ3) is 2.82. The van der Waals surface area contributed by atoms with E-state index < -0.39 is 0 Å². The predicted molar refractivity (Wildman–Crippen MR) is 89.1 cm³/mol. The standard InChI is InChI=1S/C18H22N4O2/c1-12-9-10-15(24-12)18(23)22-11-5-8-14(22)17-19-16(20-21-17)13-6-3-2-4-7-13/h2-4,6-7,12,14-15H,5,8-11H2,1H3,(H,19,20,21)/t12-,14-,15-/m1/s1. The molecule has 1 N–H and O–H groups in total. The zero-order valence-electron chi connectivity index (χ0n) is 13.8. The van der Waals surface area contributed by atoms with Crippen LogP contribution in [0.2, 0.25) is 0 Å². The lowest BCUT2D eigenvalue weighted by molar-refractivity contribution is -0.143. The van der Waals surface area contributed by atoms with E-state index in [1.54, 1.807) is 0 Å². The Balaban J connectivity index is 1.53. The van der Waals surface area contributed by atoms with Crippen LogP contribution >= 0.6 is 0 Å². The number of ether oxygens (including phenoxy) is 1. The maximum absolute atomic E-state index is 12.8. The van der Waals surface area contributed by atoms with E-state index in [0.717, 1.165) is 43.6 Å². The minimum absolute atomic E-state index is 0.0260. The van der Waals surface area contributed by atoms with Crippen molar-refractivity contribution in [2.45, 2.75) is 50.9 Å². The first-order valence-electron chi connectivity index (χ1n) is 8.66. The molecule has 6 nitrogen and oxygen atoms in total. The number of nitrogens with zero attached hydrogens (tertiary/aromatic N) is 3. The van der Waals surface area contributed by atoms with Crippen molar-refractivity contribution in [1.82, 2.24) is 20.1 Å². The van der Waals surface area contributed by atoms with Gasteiger partial charge in [0.05, 0.1) is 12.1 Å². The van der Waals surface area contributed by atoms with Crippen LogP contribution < -0.4 is 0 Å². The highest BCUT2D eigenvalue weighted by atomic mass is 16.5. The van der Waals surface area contributed by atoms with Gasteiger partial charge in [-0.25, -0.2) is 4.98 Å². The first kappa shape index (κ1) is 15.3. The van der Waals surface area contributed by atoms with Crippen LogP contribution in [0.5, 0.6) is 0 Å². The lowest BCUT2D eigenvalue weighted by Crippen LogP contribution is -2.39. The van der Waals surface area contributed by atoms with Gasteiger partial charge in [0.1, 0.15) is 11.9 Å². The van der Waals surface area contributed by atoms with E-state index in [4.69, 9.17) is 4.74 Å². The molecular formula is C18H22N4O2. The second-order valence-electron chi connectivity index (χ2n) is 6.61. The summed E-state index contributed by atoms with van der Waals surface area (Å²) < 4.78 is 5.76. The molecule has 0 aliphatic carbocycles. The van der Waals surface area contributed by atoms with Gasteiger partial charge in [-0.15, -0.1) is 0 Å². The Labute approximate surface area is 141 Å². The molecule has 0 spiro atoms. The third-order valence-electron chi connectivity index (χ3n) is 4.89. The molecule has 2 aromatic rings. The Bertz CT molecular complexity index is 715. The average molecular weight is 326 g/mol. The summed E-state index contributed by atoms with van der Waals surface area (Å²) in [4.78, 5) is 19.3. The molecule has 0 bridgehead atoms. The van der Waals surface area contributed by atoms with Crippen molar-refractivity contribution >= 4 is 5.91 Å². The molecule has 1 aromatic carbocycles. The molecule has 3 atom stereocenters. The van der Waals surface area contributed by atoms with Crippen molar-refractivity contribution in [3.05, 3.63) is 36.2 Å². The molecule has 0 unspecified atom stereocenters. The maximum atomic E-state index is 12.8. The zero-order chi connectivity index (χ0) is 16.5. The topological polar surface area (TPSA) is 71.1 Å². The molecule has 2 saturated heterocycles. The minimum Gasteiger partial charge on any atom is -0.365 e. The number of amides is 1. The van der Waals surface area contributed by atoms with Crippen LogP contribution in [-0.2, 0) is 9.53 Å². The number of aromatic amines is 1. The van der Waals surface area contributed by atoms with Gasteiger partial charge in [0.25, 0.3) is 5.91 Å². The maximum Gasteiger partial charge on any atom is 0.252 e. The minimum atomic E-state index is -0.294. The lowest BCUT2D eigenvalue weighted by Gasteiger charge is -2.25. The molecule has 24 heavy (non-hydrogen) atoms. The molecule has 1 aromatic heterocycles. The molecule has 0 saturated carbocycles. The summed E-state index contributed by atoms with van der Waals surface area (Å²) in [7, 11) is 0. The van der Waals surface area contributed by atoms with Gasteiger partial charge in [0.15, 0.2) is 5.82 Å². The summed E-state index contributed by atoms with van der Waals surface area (Å²) >= 11 is 0. The first-order chi connectivity index (χ1) is 11.7. The number of aromatic nitrogens is 3. The smallest absolute Gasteiger partial charge is 0.252 e. The molecule has 126 valence electrons. The highest BCUT2D eigenvalue weighted by Crippen LogP contribution is 2.33. The van der Waals surface area contributed by atoms with Crippen molar-refractivity contribution in [1.29, 1.82) is 0 Å². The monoisotopic (exact) mass is 326 g/mol. The van der Waals surface area contributed by atoms with E-state index in [1.165, 1.54) is 0 Å². The Morgan fingerprint density at radius 3 is 2.83 bits per heavy atom. The Hall–Kier alpha value is -2.21. The third-order valence-corrected chi connectivity index (χ3v) is 4.89. The number of rotatable bonds is 3. The normalized spacial score (nSPS) is 26.9. The summed E-state index contributed by atoms with van der Waals surface area (Å²) in [6, 6.07) is 9.85. The Morgan fingerprint density at radius 1 is 1.25 bits per heavy atom. The highest BCUT2D eigenvalue weighted by Gasteiger charge is 2.38. The van der Waals surface area contributed by atoms with Gasteiger partial charge in [-0.1, -0.05) is 30.3 Å².